The number of hydrogen-bond acceptors (Lipinski definition) is 6. The van der Waals surface area contributed by atoms with Gasteiger partial charge in [0, 0.05) is 71.5 Å². The van der Waals surface area contributed by atoms with E-state index in [4.69, 9.17) is 0 Å². The summed E-state index contributed by atoms with van der Waals surface area (Å²) >= 11 is 0. The molecule has 3 aromatic rings. The smallest absolute Gasteiger partial charge is 0.200 e. The normalized spacial score (nSPS) is 24.0. The van der Waals surface area contributed by atoms with E-state index < -0.39 is 17.3 Å². The molecule has 3 aliphatic heterocycles. The number of ketones is 3. The average molecular weight is 676 g/mol. The second-order valence-electron chi connectivity index (χ2n) is 15.5. The Hall–Kier alpha value is -5.49. The Morgan fingerprint density at radius 2 is 0.627 bits per heavy atom. The maximum absolute atomic E-state index is 14.3. The second kappa shape index (κ2) is 11.8. The summed E-state index contributed by atoms with van der Waals surface area (Å²) in [6.45, 7) is 12.8. The molecule has 3 heterocycles. The van der Waals surface area contributed by atoms with E-state index in [0.717, 1.165) is 34.2 Å². The fourth-order valence-corrected chi connectivity index (χ4v) is 8.59. The van der Waals surface area contributed by atoms with Crippen LogP contribution in [0.15, 0.2) is 143 Å². The van der Waals surface area contributed by atoms with Crippen LogP contribution in [-0.2, 0) is 30.6 Å². The van der Waals surface area contributed by atoms with Crippen molar-refractivity contribution in [3.8, 4) is 0 Å². The van der Waals surface area contributed by atoms with Gasteiger partial charge in [-0.25, -0.2) is 0 Å². The van der Waals surface area contributed by atoms with Crippen LogP contribution in [0.3, 0.4) is 0 Å². The van der Waals surface area contributed by atoms with E-state index in [1.807, 2.05) is 75.8 Å². The summed E-state index contributed by atoms with van der Waals surface area (Å²) in [7, 11) is 5.99. The number of benzene rings is 3. The molecule has 0 atom stereocenters. The lowest BCUT2D eigenvalue weighted by Gasteiger charge is -2.25. The molecule has 1 fully saturated rings. The van der Waals surface area contributed by atoms with Crippen molar-refractivity contribution in [3.63, 3.8) is 0 Å². The Kier molecular flexibility index (Phi) is 7.86. The fraction of sp³-hybridized carbons (Fsp3) is 0.267. The molecule has 0 unspecified atom stereocenters. The Morgan fingerprint density at radius 1 is 0.392 bits per heavy atom. The lowest BCUT2D eigenvalue weighted by molar-refractivity contribution is -0.124. The number of allylic oxidation sites excluding steroid dienone is 12. The predicted octanol–water partition coefficient (Wildman–Crippen LogP) is 8.42. The lowest BCUT2D eigenvalue weighted by atomic mass is 9.80. The summed E-state index contributed by atoms with van der Waals surface area (Å²) in [6.07, 6.45) is 10.4. The number of carbonyl (C=O) groups is 3. The van der Waals surface area contributed by atoms with E-state index in [0.29, 0.717) is 0 Å². The molecule has 3 aromatic carbocycles. The van der Waals surface area contributed by atoms with Gasteiger partial charge in [0.25, 0.3) is 0 Å². The van der Waals surface area contributed by atoms with Crippen molar-refractivity contribution in [2.75, 3.05) is 35.8 Å². The molecular formula is C45H45N3O3. The predicted molar refractivity (Wildman–Crippen MR) is 207 cm³/mol. The third-order valence-corrected chi connectivity index (χ3v) is 11.5. The first kappa shape index (κ1) is 34.0. The molecule has 0 bridgehead atoms. The second-order valence-corrected chi connectivity index (χ2v) is 15.5. The molecule has 1 aliphatic carbocycles. The largest absolute Gasteiger partial charge is 0.347 e. The van der Waals surface area contributed by atoms with Crippen molar-refractivity contribution in [2.24, 2.45) is 0 Å². The molecule has 0 radical (unpaired) electrons. The first-order valence-corrected chi connectivity index (χ1v) is 17.5. The number of hydrogen-bond donors (Lipinski definition) is 0. The number of Topliss-reactive ketones (excluding diaryl/α,β-unsaturated/α-hetero) is 3. The molecular weight excluding hydrogens is 631 g/mol. The summed E-state index contributed by atoms with van der Waals surface area (Å²) in [4.78, 5) is 49.1. The summed E-state index contributed by atoms with van der Waals surface area (Å²) in [6, 6.07) is 24.6. The molecule has 4 aliphatic rings. The molecule has 0 saturated heterocycles. The van der Waals surface area contributed by atoms with Gasteiger partial charge >= 0.3 is 0 Å². The van der Waals surface area contributed by atoms with Gasteiger partial charge in [0.2, 0.25) is 17.3 Å². The van der Waals surface area contributed by atoms with Crippen molar-refractivity contribution >= 4 is 34.4 Å². The highest BCUT2D eigenvalue weighted by molar-refractivity contribution is 6.52. The van der Waals surface area contributed by atoms with Crippen LogP contribution in [0.4, 0.5) is 17.1 Å². The van der Waals surface area contributed by atoms with Gasteiger partial charge in [-0.05, 0) is 71.3 Å². The SMILES string of the molecule is CN1/C(=C\C=C2C(=O)C(=C/C=C3\N(C)c4ccccc4C3(C)C)C(=O)C(=C/C=C3/N(C)c4ccccc4C3(C)C)C2=O)C(C)(C)c2ccccc21. The zero-order valence-corrected chi connectivity index (χ0v) is 31.0. The van der Waals surface area contributed by atoms with Gasteiger partial charge in [-0.3, -0.25) is 14.4 Å². The van der Waals surface area contributed by atoms with Crippen LogP contribution >= 0.6 is 0 Å². The van der Waals surface area contributed by atoms with Gasteiger partial charge in [0.05, 0.1) is 16.7 Å². The van der Waals surface area contributed by atoms with Crippen LogP contribution in [-0.4, -0.2) is 38.5 Å². The van der Waals surface area contributed by atoms with Crippen molar-refractivity contribution < 1.29 is 14.4 Å². The third-order valence-electron chi connectivity index (χ3n) is 11.5. The van der Waals surface area contributed by atoms with Crippen LogP contribution in [0.25, 0.3) is 0 Å². The number of carbonyl (C=O) groups excluding carboxylic acids is 3. The van der Waals surface area contributed by atoms with Crippen LogP contribution in [0.1, 0.15) is 58.2 Å². The first-order valence-electron chi connectivity index (χ1n) is 17.5. The quantitative estimate of drug-likeness (QED) is 0.205. The Bertz CT molecular complexity index is 1960. The van der Waals surface area contributed by atoms with Crippen molar-refractivity contribution in [1.29, 1.82) is 0 Å². The maximum atomic E-state index is 14.3. The fourth-order valence-electron chi connectivity index (χ4n) is 8.59. The molecule has 51 heavy (non-hydrogen) atoms. The van der Waals surface area contributed by atoms with Gasteiger partial charge in [-0.1, -0.05) is 96.1 Å². The highest BCUT2D eigenvalue weighted by Gasteiger charge is 2.42. The van der Waals surface area contributed by atoms with Crippen LogP contribution in [0.2, 0.25) is 0 Å². The monoisotopic (exact) mass is 675 g/mol. The number of nitrogens with zero attached hydrogens (tertiary/aromatic N) is 3. The van der Waals surface area contributed by atoms with E-state index >= 15 is 0 Å². The van der Waals surface area contributed by atoms with E-state index in [1.54, 1.807) is 18.2 Å². The first-order chi connectivity index (χ1) is 24.1. The number of rotatable bonds is 3. The van der Waals surface area contributed by atoms with Gasteiger partial charge in [0.1, 0.15) is 0 Å². The number of likely N-dealkylation sites (N-methyl/N-ethyl adjacent to an activating group) is 3. The minimum Gasteiger partial charge on any atom is -0.347 e. The number of anilines is 3. The van der Waals surface area contributed by atoms with Gasteiger partial charge in [-0.15, -0.1) is 0 Å². The summed E-state index contributed by atoms with van der Waals surface area (Å²) in [5.74, 6) is -1.71. The number of fused-ring (bicyclic) bond motifs is 3. The van der Waals surface area contributed by atoms with E-state index in [2.05, 4.69) is 92.6 Å². The van der Waals surface area contributed by atoms with Crippen molar-refractivity contribution in [1.82, 2.24) is 0 Å². The average Bonchev–Trinajstić information content (AvgIpc) is 3.52. The molecule has 0 spiro atoms. The third kappa shape index (κ3) is 5.03. The molecule has 1 saturated carbocycles. The van der Waals surface area contributed by atoms with Crippen LogP contribution in [0.5, 0.6) is 0 Å². The zero-order valence-electron chi connectivity index (χ0n) is 31.0. The van der Waals surface area contributed by atoms with Crippen molar-refractivity contribution in [3.05, 3.63) is 160 Å². The van der Waals surface area contributed by atoms with Crippen LogP contribution in [0, 0.1) is 0 Å². The molecule has 0 aromatic heterocycles. The summed E-state index contributed by atoms with van der Waals surface area (Å²) in [5.41, 5.74) is 8.46. The van der Waals surface area contributed by atoms with Gasteiger partial charge in [-0.2, -0.15) is 0 Å². The standard InChI is InChI=1S/C45H45N3O3/c1-43(2)31-16-10-13-19-34(31)46(7)37(43)25-22-28-40(49)29(23-26-38-44(3,4)32-17-11-14-20-35(32)47(38)8)42(51)30(41(28)50)24-27-39-45(5,6)33-18-12-15-21-36(33)48(39)9/h10-27H,1-9H3/b28-22?,29-23?,30-24?,37-25-,38-26-,39-27+. The lowest BCUT2D eigenvalue weighted by Crippen LogP contribution is -2.32. The Balaban J connectivity index is 1.35. The maximum Gasteiger partial charge on any atom is 0.200 e. The molecule has 0 amide bonds. The molecule has 258 valence electrons. The zero-order chi connectivity index (χ0) is 36.6. The van der Waals surface area contributed by atoms with E-state index in [-0.39, 0.29) is 33.0 Å². The summed E-state index contributed by atoms with van der Waals surface area (Å²) in [5, 5.41) is 0. The minimum absolute atomic E-state index is 0.0267. The highest BCUT2D eigenvalue weighted by Crippen LogP contribution is 2.49. The summed E-state index contributed by atoms with van der Waals surface area (Å²) < 4.78 is 0. The molecule has 6 nitrogen and oxygen atoms in total. The van der Waals surface area contributed by atoms with Crippen LogP contribution < -0.4 is 14.7 Å². The van der Waals surface area contributed by atoms with E-state index in [9.17, 15) is 14.4 Å². The van der Waals surface area contributed by atoms with Gasteiger partial charge < -0.3 is 14.7 Å². The Morgan fingerprint density at radius 3 is 0.863 bits per heavy atom. The minimum atomic E-state index is -0.568. The Labute approximate surface area is 301 Å². The van der Waals surface area contributed by atoms with Gasteiger partial charge in [0.15, 0.2) is 0 Å². The molecule has 7 rings (SSSR count). The molecule has 0 N–H and O–H groups in total. The van der Waals surface area contributed by atoms with Crippen molar-refractivity contribution in [2.45, 2.75) is 57.8 Å². The highest BCUT2D eigenvalue weighted by atomic mass is 16.2. The number of para-hydroxylation sites is 3. The van der Waals surface area contributed by atoms with E-state index in [1.165, 1.54) is 16.7 Å². The topological polar surface area (TPSA) is 60.9 Å². The molecule has 6 heteroatoms.